The Bertz CT molecular complexity index is 371. The molecule has 0 heterocycles. The lowest BCUT2D eigenvalue weighted by Gasteiger charge is -2.10. The molecule has 0 radical (unpaired) electrons. The minimum Gasteiger partial charge on any atom is -0.481 e. The summed E-state index contributed by atoms with van der Waals surface area (Å²) >= 11 is 11.6. The summed E-state index contributed by atoms with van der Waals surface area (Å²) in [4.78, 5) is 10.8. The van der Waals surface area contributed by atoms with Crippen LogP contribution in [0.4, 0.5) is 0 Å². The van der Waals surface area contributed by atoms with Gasteiger partial charge in [-0.15, -0.1) is 12.4 Å². The SMILES string of the molecule is Cl.NC[C@@H](Cc1ccc(Cl)cc1Cl)C(=O)O. The molecule has 0 amide bonds. The van der Waals surface area contributed by atoms with E-state index in [-0.39, 0.29) is 19.0 Å². The molecule has 1 rings (SSSR count). The number of aliphatic carboxylic acids is 1. The van der Waals surface area contributed by atoms with Gasteiger partial charge in [-0.05, 0) is 24.1 Å². The van der Waals surface area contributed by atoms with Gasteiger partial charge in [0.1, 0.15) is 0 Å². The van der Waals surface area contributed by atoms with E-state index in [1.807, 2.05) is 0 Å². The molecule has 3 N–H and O–H groups in total. The van der Waals surface area contributed by atoms with Gasteiger partial charge in [-0.3, -0.25) is 4.79 Å². The highest BCUT2D eigenvalue weighted by Crippen LogP contribution is 2.23. The van der Waals surface area contributed by atoms with Gasteiger partial charge in [0.25, 0.3) is 0 Å². The average Bonchev–Trinajstić information content (AvgIpc) is 2.16. The summed E-state index contributed by atoms with van der Waals surface area (Å²) < 4.78 is 0. The second kappa shape index (κ2) is 6.97. The molecule has 0 aromatic heterocycles. The molecule has 1 aromatic carbocycles. The van der Waals surface area contributed by atoms with Crippen molar-refractivity contribution in [3.63, 3.8) is 0 Å². The van der Waals surface area contributed by atoms with Crippen molar-refractivity contribution in [2.75, 3.05) is 6.54 Å². The van der Waals surface area contributed by atoms with Crippen LogP contribution in [-0.2, 0) is 11.2 Å². The molecule has 0 saturated carbocycles. The number of nitrogens with two attached hydrogens (primary N) is 1. The fourth-order valence-electron chi connectivity index (χ4n) is 1.22. The van der Waals surface area contributed by atoms with Crippen molar-refractivity contribution in [1.82, 2.24) is 0 Å². The van der Waals surface area contributed by atoms with Crippen LogP contribution in [-0.4, -0.2) is 17.6 Å². The molecule has 90 valence electrons. The van der Waals surface area contributed by atoms with Gasteiger partial charge in [0.05, 0.1) is 5.92 Å². The molecule has 1 atom stereocenters. The van der Waals surface area contributed by atoms with Gasteiger partial charge in [-0.2, -0.15) is 0 Å². The van der Waals surface area contributed by atoms with E-state index in [1.54, 1.807) is 18.2 Å². The molecule has 0 aliphatic carbocycles. The summed E-state index contributed by atoms with van der Waals surface area (Å²) in [6.45, 7) is 0.0916. The van der Waals surface area contributed by atoms with E-state index in [9.17, 15) is 4.79 Å². The first-order chi connectivity index (χ1) is 7.04. The molecule has 16 heavy (non-hydrogen) atoms. The number of hydrogen-bond acceptors (Lipinski definition) is 2. The summed E-state index contributed by atoms with van der Waals surface area (Å²) in [5.41, 5.74) is 6.10. The van der Waals surface area contributed by atoms with E-state index >= 15 is 0 Å². The number of carboxylic acid groups (broad SMARTS) is 1. The second-order valence-corrected chi connectivity index (χ2v) is 4.05. The largest absolute Gasteiger partial charge is 0.481 e. The van der Waals surface area contributed by atoms with Gasteiger partial charge >= 0.3 is 5.97 Å². The van der Waals surface area contributed by atoms with Crippen molar-refractivity contribution in [3.05, 3.63) is 33.8 Å². The first-order valence-corrected chi connectivity index (χ1v) is 5.17. The van der Waals surface area contributed by atoms with Gasteiger partial charge in [0, 0.05) is 16.6 Å². The van der Waals surface area contributed by atoms with Crippen molar-refractivity contribution in [2.45, 2.75) is 6.42 Å². The van der Waals surface area contributed by atoms with Crippen LogP contribution in [0.2, 0.25) is 10.0 Å². The first-order valence-electron chi connectivity index (χ1n) is 4.41. The Hall–Kier alpha value is -0.480. The fourth-order valence-corrected chi connectivity index (χ4v) is 1.71. The molecular formula is C10H12Cl3NO2. The van der Waals surface area contributed by atoms with Crippen molar-refractivity contribution < 1.29 is 9.90 Å². The Labute approximate surface area is 110 Å². The Balaban J connectivity index is 0.00000225. The minimum atomic E-state index is -0.913. The lowest BCUT2D eigenvalue weighted by atomic mass is 10.00. The van der Waals surface area contributed by atoms with E-state index in [4.69, 9.17) is 34.0 Å². The van der Waals surface area contributed by atoms with E-state index in [0.717, 1.165) is 5.56 Å². The van der Waals surface area contributed by atoms with Gasteiger partial charge in [-0.25, -0.2) is 0 Å². The smallest absolute Gasteiger partial charge is 0.308 e. The maximum atomic E-state index is 10.8. The Morgan fingerprint density at radius 3 is 2.50 bits per heavy atom. The van der Waals surface area contributed by atoms with Crippen LogP contribution >= 0.6 is 35.6 Å². The quantitative estimate of drug-likeness (QED) is 0.893. The lowest BCUT2D eigenvalue weighted by Crippen LogP contribution is -2.25. The third kappa shape index (κ3) is 4.18. The molecule has 3 nitrogen and oxygen atoms in total. The third-order valence-electron chi connectivity index (χ3n) is 2.12. The average molecular weight is 285 g/mol. The zero-order valence-corrected chi connectivity index (χ0v) is 10.6. The van der Waals surface area contributed by atoms with E-state index in [1.165, 1.54) is 0 Å². The number of carboxylic acids is 1. The highest BCUT2D eigenvalue weighted by Gasteiger charge is 2.17. The van der Waals surface area contributed by atoms with E-state index < -0.39 is 11.9 Å². The van der Waals surface area contributed by atoms with Crippen molar-refractivity contribution in [2.24, 2.45) is 11.7 Å². The monoisotopic (exact) mass is 283 g/mol. The summed E-state index contributed by atoms with van der Waals surface area (Å²) in [5.74, 6) is -1.52. The highest BCUT2D eigenvalue weighted by molar-refractivity contribution is 6.35. The summed E-state index contributed by atoms with van der Waals surface area (Å²) in [6.07, 6.45) is 0.321. The Morgan fingerprint density at radius 2 is 2.06 bits per heavy atom. The highest BCUT2D eigenvalue weighted by atomic mass is 35.5. The number of halogens is 3. The number of benzene rings is 1. The summed E-state index contributed by atoms with van der Waals surface area (Å²) in [5, 5.41) is 9.84. The zero-order valence-electron chi connectivity index (χ0n) is 8.32. The van der Waals surface area contributed by atoms with Gasteiger partial charge in [-0.1, -0.05) is 29.3 Å². The van der Waals surface area contributed by atoms with Gasteiger partial charge in [0.2, 0.25) is 0 Å². The number of carbonyl (C=O) groups is 1. The van der Waals surface area contributed by atoms with Crippen LogP contribution in [0.1, 0.15) is 5.56 Å². The maximum absolute atomic E-state index is 10.8. The molecule has 0 saturated heterocycles. The summed E-state index contributed by atoms with van der Waals surface area (Å²) in [7, 11) is 0. The molecule has 0 unspecified atom stereocenters. The molecule has 0 aliphatic heterocycles. The Morgan fingerprint density at radius 1 is 1.44 bits per heavy atom. The predicted octanol–water partition coefficient (Wildman–Crippen LogP) is 2.62. The molecule has 6 heteroatoms. The van der Waals surface area contributed by atoms with Crippen LogP contribution in [0.25, 0.3) is 0 Å². The molecule has 0 bridgehead atoms. The lowest BCUT2D eigenvalue weighted by molar-refractivity contribution is -0.141. The predicted molar refractivity (Wildman–Crippen MR) is 67.6 cm³/mol. The first kappa shape index (κ1) is 15.5. The maximum Gasteiger partial charge on any atom is 0.308 e. The molecule has 0 spiro atoms. The van der Waals surface area contributed by atoms with Crippen LogP contribution in [0, 0.1) is 5.92 Å². The number of rotatable bonds is 4. The van der Waals surface area contributed by atoms with Crippen molar-refractivity contribution >= 4 is 41.6 Å². The summed E-state index contributed by atoms with van der Waals surface area (Å²) in [6, 6.07) is 4.99. The van der Waals surface area contributed by atoms with Crippen molar-refractivity contribution in [3.8, 4) is 0 Å². The molecule has 0 fully saturated rings. The standard InChI is InChI=1S/C10H11Cl2NO2.ClH/c11-8-2-1-6(9(12)4-8)3-7(5-13)10(14)15;/h1-2,4,7H,3,5,13H2,(H,14,15);1H/t7-;/m1./s1. The fraction of sp³-hybridized carbons (Fsp3) is 0.300. The van der Waals surface area contributed by atoms with E-state index in [2.05, 4.69) is 0 Å². The zero-order chi connectivity index (χ0) is 11.4. The second-order valence-electron chi connectivity index (χ2n) is 3.21. The van der Waals surface area contributed by atoms with Gasteiger partial charge < -0.3 is 10.8 Å². The molecule has 1 aromatic rings. The topological polar surface area (TPSA) is 63.3 Å². The van der Waals surface area contributed by atoms with Crippen molar-refractivity contribution in [1.29, 1.82) is 0 Å². The third-order valence-corrected chi connectivity index (χ3v) is 2.70. The molecule has 0 aliphatic rings. The van der Waals surface area contributed by atoms with E-state index in [0.29, 0.717) is 16.5 Å². The minimum absolute atomic E-state index is 0. The Kier molecular flexibility index (Phi) is 6.76. The van der Waals surface area contributed by atoms with Crippen LogP contribution in [0.5, 0.6) is 0 Å². The van der Waals surface area contributed by atoms with Crippen LogP contribution in [0.15, 0.2) is 18.2 Å². The van der Waals surface area contributed by atoms with Crippen LogP contribution in [0.3, 0.4) is 0 Å². The molecular weight excluding hydrogens is 272 g/mol. The number of hydrogen-bond donors (Lipinski definition) is 2. The van der Waals surface area contributed by atoms with Gasteiger partial charge in [0.15, 0.2) is 0 Å². The van der Waals surface area contributed by atoms with Crippen LogP contribution < -0.4 is 5.73 Å². The normalized spacial score (nSPS) is 11.7.